The SMILES string of the molecule is c1cc(P(C23CC4CC(CC(C4)C2)C3)C23CC4CC(CC(C4)C2)C3)ccc1C1CNCCO1. The lowest BCUT2D eigenvalue weighted by molar-refractivity contribution is 0.0195. The van der Waals surface area contributed by atoms with Gasteiger partial charge in [0.05, 0.1) is 12.7 Å². The van der Waals surface area contributed by atoms with Crippen LogP contribution in [-0.2, 0) is 4.74 Å². The number of rotatable bonds is 4. The lowest BCUT2D eigenvalue weighted by atomic mass is 9.55. The van der Waals surface area contributed by atoms with Crippen molar-refractivity contribution in [2.75, 3.05) is 19.7 Å². The molecule has 1 N–H and O–H groups in total. The standard InChI is InChI=1S/C30H42NOP/c1-3-27(4-2-26(1)28-19-31-5-6-32-28)33(29-13-20-7-21(14-29)9-22(8-20)15-29)30-16-23-10-24(17-30)12-25(11-23)18-30/h1-4,20-25,28,31H,5-19H2. The maximum atomic E-state index is 6.11. The van der Waals surface area contributed by atoms with Crippen molar-refractivity contribution < 1.29 is 4.74 Å². The highest BCUT2D eigenvalue weighted by molar-refractivity contribution is 7.68. The van der Waals surface area contributed by atoms with Crippen LogP contribution in [0.2, 0.25) is 0 Å². The average Bonchev–Trinajstić information content (AvgIpc) is 2.78. The number of benzene rings is 1. The van der Waals surface area contributed by atoms with Crippen LogP contribution in [0.1, 0.15) is 88.7 Å². The summed E-state index contributed by atoms with van der Waals surface area (Å²) in [5.74, 6) is 6.40. The highest BCUT2D eigenvalue weighted by Gasteiger charge is 2.63. The summed E-state index contributed by atoms with van der Waals surface area (Å²) >= 11 is 0. The Kier molecular flexibility index (Phi) is 4.73. The molecule has 8 saturated carbocycles. The van der Waals surface area contributed by atoms with Crippen LogP contribution in [-0.4, -0.2) is 30.0 Å². The molecule has 33 heavy (non-hydrogen) atoms. The van der Waals surface area contributed by atoms with Gasteiger partial charge in [-0.1, -0.05) is 32.2 Å². The van der Waals surface area contributed by atoms with Gasteiger partial charge in [-0.15, -0.1) is 0 Å². The van der Waals surface area contributed by atoms with Gasteiger partial charge in [0, 0.05) is 13.1 Å². The van der Waals surface area contributed by atoms with E-state index in [4.69, 9.17) is 4.74 Å². The van der Waals surface area contributed by atoms with E-state index in [-0.39, 0.29) is 14.0 Å². The molecule has 1 atom stereocenters. The Bertz CT molecular complexity index is 788. The molecule has 10 rings (SSSR count). The molecule has 1 aromatic carbocycles. The maximum absolute atomic E-state index is 6.11. The van der Waals surface area contributed by atoms with Crippen molar-refractivity contribution in [1.82, 2.24) is 5.32 Å². The maximum Gasteiger partial charge on any atom is 0.0949 e. The molecule has 1 saturated heterocycles. The first kappa shape index (κ1) is 20.7. The Labute approximate surface area is 201 Å². The van der Waals surface area contributed by atoms with Crippen molar-refractivity contribution in [3.8, 4) is 0 Å². The van der Waals surface area contributed by atoms with E-state index in [1.807, 2.05) is 0 Å². The quantitative estimate of drug-likeness (QED) is 0.522. The molecule has 2 nitrogen and oxygen atoms in total. The number of hydrogen-bond donors (Lipinski definition) is 1. The minimum atomic E-state index is -0.0902. The van der Waals surface area contributed by atoms with Gasteiger partial charge in [0.15, 0.2) is 0 Å². The van der Waals surface area contributed by atoms with Crippen LogP contribution < -0.4 is 10.6 Å². The third kappa shape index (κ3) is 3.29. The molecule has 1 aliphatic heterocycles. The number of morpholine rings is 1. The molecule has 8 aliphatic carbocycles. The summed E-state index contributed by atoms with van der Waals surface area (Å²) in [4.78, 5) is 0. The van der Waals surface area contributed by atoms with E-state index in [2.05, 4.69) is 29.6 Å². The van der Waals surface area contributed by atoms with Crippen LogP contribution in [0.5, 0.6) is 0 Å². The molecule has 178 valence electrons. The fourth-order valence-corrected chi connectivity index (χ4v) is 16.5. The normalized spacial score (nSPS) is 50.6. The van der Waals surface area contributed by atoms with E-state index < -0.39 is 0 Å². The first-order valence-electron chi connectivity index (χ1n) is 14.4. The monoisotopic (exact) mass is 463 g/mol. The van der Waals surface area contributed by atoms with Crippen LogP contribution >= 0.6 is 7.92 Å². The van der Waals surface area contributed by atoms with E-state index in [1.165, 1.54) is 5.56 Å². The van der Waals surface area contributed by atoms with Gasteiger partial charge in [0.2, 0.25) is 0 Å². The third-order valence-electron chi connectivity index (χ3n) is 11.4. The number of nitrogens with one attached hydrogen (secondary N) is 1. The Morgan fingerprint density at radius 1 is 0.667 bits per heavy atom. The summed E-state index contributed by atoms with van der Waals surface area (Å²) in [6.45, 7) is 2.82. The molecule has 9 aliphatic rings. The first-order valence-corrected chi connectivity index (χ1v) is 15.7. The van der Waals surface area contributed by atoms with Gasteiger partial charge in [0.25, 0.3) is 0 Å². The van der Waals surface area contributed by atoms with E-state index in [9.17, 15) is 0 Å². The lowest BCUT2D eigenvalue weighted by Gasteiger charge is -2.67. The molecule has 3 heteroatoms. The highest BCUT2D eigenvalue weighted by atomic mass is 31.1. The van der Waals surface area contributed by atoms with Crippen molar-refractivity contribution in [2.45, 2.75) is 93.5 Å². The van der Waals surface area contributed by atoms with Crippen LogP contribution in [0.3, 0.4) is 0 Å². The number of hydrogen-bond acceptors (Lipinski definition) is 2. The smallest absolute Gasteiger partial charge is 0.0949 e. The molecule has 0 spiro atoms. The fraction of sp³-hybridized carbons (Fsp3) is 0.800. The summed E-state index contributed by atoms with van der Waals surface area (Å²) in [6, 6.07) is 10.2. The summed E-state index contributed by atoms with van der Waals surface area (Å²) in [7, 11) is -0.0902. The molecule has 0 amide bonds. The van der Waals surface area contributed by atoms with E-state index in [0.29, 0.717) is 10.3 Å². The lowest BCUT2D eigenvalue weighted by Crippen LogP contribution is -2.58. The van der Waals surface area contributed by atoms with Crippen molar-refractivity contribution in [3.05, 3.63) is 29.8 Å². The van der Waals surface area contributed by atoms with E-state index in [0.717, 1.165) is 55.2 Å². The Morgan fingerprint density at radius 2 is 1.12 bits per heavy atom. The average molecular weight is 464 g/mol. The molecular formula is C30H42NOP. The molecule has 0 radical (unpaired) electrons. The van der Waals surface area contributed by atoms with Gasteiger partial charge < -0.3 is 10.1 Å². The van der Waals surface area contributed by atoms with Crippen LogP contribution in [0.15, 0.2) is 24.3 Å². The van der Waals surface area contributed by atoms with Gasteiger partial charge in [-0.3, -0.25) is 0 Å². The number of ether oxygens (including phenoxy) is 1. The summed E-state index contributed by atoms with van der Waals surface area (Å²) < 4.78 is 6.11. The molecule has 1 aromatic rings. The topological polar surface area (TPSA) is 21.3 Å². The molecule has 1 unspecified atom stereocenters. The Hall–Kier alpha value is -0.430. The Morgan fingerprint density at radius 3 is 1.52 bits per heavy atom. The zero-order valence-corrected chi connectivity index (χ0v) is 21.2. The van der Waals surface area contributed by atoms with Gasteiger partial charge in [-0.05, 0) is 134 Å². The predicted molar refractivity (Wildman–Crippen MR) is 136 cm³/mol. The Balaban J connectivity index is 1.20. The van der Waals surface area contributed by atoms with Crippen LogP contribution in [0.25, 0.3) is 0 Å². The minimum Gasteiger partial charge on any atom is -0.371 e. The van der Waals surface area contributed by atoms with Crippen molar-refractivity contribution in [1.29, 1.82) is 0 Å². The molecule has 9 fully saturated rings. The fourth-order valence-electron chi connectivity index (χ4n) is 11.3. The summed E-state index contributed by atoms with van der Waals surface area (Å²) in [5.41, 5.74) is 1.40. The van der Waals surface area contributed by atoms with E-state index >= 15 is 0 Å². The van der Waals surface area contributed by atoms with Gasteiger partial charge in [-0.2, -0.15) is 0 Å². The molecule has 8 bridgehead atoms. The van der Waals surface area contributed by atoms with Crippen molar-refractivity contribution in [2.24, 2.45) is 35.5 Å². The third-order valence-corrected chi connectivity index (χ3v) is 15.2. The molecule has 0 aromatic heterocycles. The largest absolute Gasteiger partial charge is 0.371 e. The van der Waals surface area contributed by atoms with E-state index in [1.54, 1.807) is 82.4 Å². The zero-order chi connectivity index (χ0) is 21.6. The van der Waals surface area contributed by atoms with Crippen molar-refractivity contribution in [3.63, 3.8) is 0 Å². The van der Waals surface area contributed by atoms with Crippen LogP contribution in [0.4, 0.5) is 0 Å². The van der Waals surface area contributed by atoms with Crippen molar-refractivity contribution >= 4 is 13.2 Å². The predicted octanol–water partition coefficient (Wildman–Crippen LogP) is 6.39. The second-order valence-corrected chi connectivity index (χ2v) is 16.9. The second kappa shape index (κ2) is 7.54. The van der Waals surface area contributed by atoms with Crippen LogP contribution in [0, 0.1) is 35.5 Å². The first-order chi connectivity index (χ1) is 16.2. The molecular weight excluding hydrogens is 421 g/mol. The molecule has 1 heterocycles. The summed E-state index contributed by atoms with van der Waals surface area (Å²) in [5, 5.41) is 6.68. The van der Waals surface area contributed by atoms with Gasteiger partial charge in [-0.25, -0.2) is 0 Å². The summed E-state index contributed by atoms with van der Waals surface area (Å²) in [6.07, 6.45) is 19.2. The highest BCUT2D eigenvalue weighted by Crippen LogP contribution is 2.78. The van der Waals surface area contributed by atoms with Gasteiger partial charge in [0.1, 0.15) is 0 Å². The van der Waals surface area contributed by atoms with Gasteiger partial charge >= 0.3 is 0 Å². The zero-order valence-electron chi connectivity index (χ0n) is 20.3. The minimum absolute atomic E-state index is 0.0902. The second-order valence-electron chi connectivity index (χ2n) is 13.8.